The predicted molar refractivity (Wildman–Crippen MR) is 73.9 cm³/mol. The molecule has 1 unspecified atom stereocenters. The van der Waals surface area contributed by atoms with E-state index in [1.165, 1.54) is 27.9 Å². The topological polar surface area (TPSA) is 101 Å². The lowest BCUT2D eigenvalue weighted by Crippen LogP contribution is -2.33. The Morgan fingerprint density at radius 1 is 1.45 bits per heavy atom. The Morgan fingerprint density at radius 3 is 2.91 bits per heavy atom. The van der Waals surface area contributed by atoms with Gasteiger partial charge in [-0.2, -0.15) is 0 Å². The number of amides is 1. The normalized spacial score (nSPS) is 17.7. The first-order valence-electron chi connectivity index (χ1n) is 6.52. The van der Waals surface area contributed by atoms with Crippen LogP contribution in [0, 0.1) is 5.82 Å². The zero-order chi connectivity index (χ0) is 15.7. The zero-order valence-corrected chi connectivity index (χ0v) is 11.3. The van der Waals surface area contributed by atoms with Gasteiger partial charge in [-0.15, -0.1) is 5.10 Å². The summed E-state index contributed by atoms with van der Waals surface area (Å²) in [6, 6.07) is 3.71. The molecule has 1 saturated heterocycles. The Morgan fingerprint density at radius 2 is 2.27 bits per heavy atom. The van der Waals surface area contributed by atoms with Crippen LogP contribution in [0.15, 0.2) is 30.6 Å². The van der Waals surface area contributed by atoms with E-state index in [4.69, 9.17) is 14.8 Å². The Labute approximate surface area is 124 Å². The molecule has 1 fully saturated rings. The summed E-state index contributed by atoms with van der Waals surface area (Å²) in [4.78, 5) is 13.2. The van der Waals surface area contributed by atoms with Crippen LogP contribution in [0.3, 0.4) is 0 Å². The van der Waals surface area contributed by atoms with Gasteiger partial charge in [0.15, 0.2) is 0 Å². The number of cyclic esters (lactones) is 1. The van der Waals surface area contributed by atoms with Crippen LogP contribution in [0.2, 0.25) is 0 Å². The van der Waals surface area contributed by atoms with Gasteiger partial charge in [0.2, 0.25) is 0 Å². The number of rotatable bonds is 4. The second kappa shape index (κ2) is 5.74. The highest BCUT2D eigenvalue weighted by Gasteiger charge is 2.33. The molecular weight excluding hydrogens is 294 g/mol. The van der Waals surface area contributed by atoms with Gasteiger partial charge >= 0.3 is 13.2 Å². The number of nitrogens with zero attached hydrogens (tertiary/aromatic N) is 4. The number of halogens is 1. The number of ether oxygens (including phenoxy) is 1. The molecule has 3 rings (SSSR count). The largest absolute Gasteiger partial charge is 0.491 e. The standard InChI is InChI=1S/C12H12BFN4O4/c14-11-5-8(1-2-10(11)13(20)21)18-7-9(22-12(18)19)6-17-4-3-15-16-17/h1-5,9,20-21H,6-7H2. The van der Waals surface area contributed by atoms with Gasteiger partial charge in [0.25, 0.3) is 0 Å². The number of benzene rings is 1. The minimum absolute atomic E-state index is 0.235. The van der Waals surface area contributed by atoms with Crippen LogP contribution >= 0.6 is 0 Å². The predicted octanol–water partition coefficient (Wildman–Crippen LogP) is -0.878. The molecule has 22 heavy (non-hydrogen) atoms. The van der Waals surface area contributed by atoms with E-state index in [1.807, 2.05) is 0 Å². The van der Waals surface area contributed by atoms with Crippen molar-refractivity contribution in [3.63, 3.8) is 0 Å². The highest BCUT2D eigenvalue weighted by Crippen LogP contribution is 2.22. The second-order valence-electron chi connectivity index (χ2n) is 4.82. The van der Waals surface area contributed by atoms with E-state index in [9.17, 15) is 9.18 Å². The molecule has 10 heteroatoms. The maximum absolute atomic E-state index is 13.8. The monoisotopic (exact) mass is 306 g/mol. The maximum Gasteiger partial charge on any atom is 0.491 e. The third kappa shape index (κ3) is 2.78. The van der Waals surface area contributed by atoms with Crippen LogP contribution in [-0.4, -0.2) is 50.9 Å². The van der Waals surface area contributed by atoms with Gasteiger partial charge in [0.05, 0.1) is 25.0 Å². The van der Waals surface area contributed by atoms with Crippen LogP contribution in [0.1, 0.15) is 0 Å². The van der Waals surface area contributed by atoms with E-state index in [0.717, 1.165) is 6.07 Å². The third-order valence-corrected chi connectivity index (χ3v) is 3.31. The van der Waals surface area contributed by atoms with E-state index in [2.05, 4.69) is 10.3 Å². The van der Waals surface area contributed by atoms with Crippen molar-refractivity contribution in [1.82, 2.24) is 15.0 Å². The summed E-state index contributed by atoms with van der Waals surface area (Å²) in [5.41, 5.74) is 0.0310. The van der Waals surface area contributed by atoms with Gasteiger partial charge in [-0.05, 0) is 12.1 Å². The van der Waals surface area contributed by atoms with E-state index in [0.29, 0.717) is 6.54 Å². The van der Waals surface area contributed by atoms with Gasteiger partial charge < -0.3 is 14.8 Å². The molecule has 2 aromatic rings. The fourth-order valence-electron chi connectivity index (χ4n) is 2.26. The molecule has 0 spiro atoms. The Bertz CT molecular complexity index is 682. The minimum atomic E-state index is -1.90. The summed E-state index contributed by atoms with van der Waals surface area (Å²) < 4.78 is 20.5. The lowest BCUT2D eigenvalue weighted by Gasteiger charge is -2.14. The number of anilines is 1. The lowest BCUT2D eigenvalue weighted by atomic mass is 9.80. The quantitative estimate of drug-likeness (QED) is 0.712. The molecule has 1 amide bonds. The molecule has 2 N–H and O–H groups in total. The first-order valence-corrected chi connectivity index (χ1v) is 6.52. The van der Waals surface area contributed by atoms with Gasteiger partial charge in [-0.1, -0.05) is 11.3 Å². The number of hydrogen-bond donors (Lipinski definition) is 2. The highest BCUT2D eigenvalue weighted by molar-refractivity contribution is 6.58. The summed E-state index contributed by atoms with van der Waals surface area (Å²) >= 11 is 0. The van der Waals surface area contributed by atoms with Crippen molar-refractivity contribution in [3.8, 4) is 0 Å². The van der Waals surface area contributed by atoms with E-state index >= 15 is 0 Å². The number of hydrogen-bond acceptors (Lipinski definition) is 6. The molecule has 1 aliphatic rings. The summed E-state index contributed by atoms with van der Waals surface area (Å²) in [7, 11) is -1.90. The molecule has 0 aliphatic carbocycles. The van der Waals surface area contributed by atoms with Crippen LogP contribution in [0.25, 0.3) is 0 Å². The van der Waals surface area contributed by atoms with Crippen LogP contribution in [0.5, 0.6) is 0 Å². The number of carbonyl (C=O) groups excluding carboxylic acids is 1. The van der Waals surface area contributed by atoms with Crippen molar-refractivity contribution < 1.29 is 24.0 Å². The van der Waals surface area contributed by atoms with Gasteiger partial charge in [0.1, 0.15) is 11.9 Å². The summed E-state index contributed by atoms with van der Waals surface area (Å²) in [6.45, 7) is 0.581. The molecule has 1 aliphatic heterocycles. The first kappa shape index (κ1) is 14.5. The molecule has 1 aromatic heterocycles. The molecular formula is C12H12BFN4O4. The van der Waals surface area contributed by atoms with Crippen molar-refractivity contribution in [1.29, 1.82) is 0 Å². The summed E-state index contributed by atoms with van der Waals surface area (Å²) in [5.74, 6) is -0.806. The van der Waals surface area contributed by atoms with Crippen LogP contribution in [0.4, 0.5) is 14.9 Å². The van der Waals surface area contributed by atoms with Crippen molar-refractivity contribution in [2.45, 2.75) is 12.6 Å². The summed E-state index contributed by atoms with van der Waals surface area (Å²) in [6.07, 6.45) is 2.14. The maximum atomic E-state index is 13.8. The molecule has 1 aromatic carbocycles. The smallest absolute Gasteiger partial charge is 0.442 e. The first-order chi connectivity index (χ1) is 10.5. The fraction of sp³-hybridized carbons (Fsp3) is 0.250. The number of aromatic nitrogens is 3. The minimum Gasteiger partial charge on any atom is -0.442 e. The van der Waals surface area contributed by atoms with Crippen LogP contribution in [-0.2, 0) is 11.3 Å². The Kier molecular flexibility index (Phi) is 3.78. The molecule has 114 valence electrons. The van der Waals surface area contributed by atoms with E-state index < -0.39 is 25.1 Å². The molecule has 0 radical (unpaired) electrons. The molecule has 0 bridgehead atoms. The van der Waals surface area contributed by atoms with E-state index in [-0.39, 0.29) is 17.7 Å². The second-order valence-corrected chi connectivity index (χ2v) is 4.82. The Hall–Kier alpha value is -2.46. The molecule has 2 heterocycles. The van der Waals surface area contributed by atoms with E-state index in [1.54, 1.807) is 6.20 Å². The fourth-order valence-corrected chi connectivity index (χ4v) is 2.26. The van der Waals surface area contributed by atoms with Crippen molar-refractivity contribution >= 4 is 24.4 Å². The lowest BCUT2D eigenvalue weighted by molar-refractivity contribution is 0.129. The molecule has 0 saturated carbocycles. The van der Waals surface area contributed by atoms with Crippen molar-refractivity contribution in [2.24, 2.45) is 0 Å². The van der Waals surface area contributed by atoms with Crippen LogP contribution < -0.4 is 10.4 Å². The van der Waals surface area contributed by atoms with Gasteiger partial charge in [0, 0.05) is 11.7 Å². The summed E-state index contributed by atoms with van der Waals surface area (Å²) in [5, 5.41) is 25.4. The molecule has 1 atom stereocenters. The van der Waals surface area contributed by atoms with Crippen molar-refractivity contribution in [3.05, 3.63) is 36.4 Å². The number of carbonyl (C=O) groups is 1. The average molecular weight is 306 g/mol. The molecule has 8 nitrogen and oxygen atoms in total. The van der Waals surface area contributed by atoms with Gasteiger partial charge in [-0.25, -0.2) is 13.9 Å². The zero-order valence-electron chi connectivity index (χ0n) is 11.3. The van der Waals surface area contributed by atoms with Crippen molar-refractivity contribution in [2.75, 3.05) is 11.4 Å². The highest BCUT2D eigenvalue weighted by atomic mass is 19.1. The third-order valence-electron chi connectivity index (χ3n) is 3.31. The average Bonchev–Trinajstić information content (AvgIpc) is 3.08. The SMILES string of the molecule is O=C1OC(Cn2ccnn2)CN1c1ccc(B(O)O)c(F)c1. The van der Waals surface area contributed by atoms with Gasteiger partial charge in [-0.3, -0.25) is 4.90 Å². The Balaban J connectivity index is 1.75.